The number of piperidine rings is 1. The van der Waals surface area contributed by atoms with Crippen LogP contribution in [-0.4, -0.2) is 36.6 Å². The van der Waals surface area contributed by atoms with E-state index in [4.69, 9.17) is 0 Å². The minimum Gasteiger partial charge on any atom is -0.308 e. The van der Waals surface area contributed by atoms with Crippen molar-refractivity contribution in [3.8, 4) is 0 Å². The van der Waals surface area contributed by atoms with E-state index in [9.17, 15) is 0 Å². The van der Waals surface area contributed by atoms with Crippen molar-refractivity contribution < 1.29 is 0 Å². The van der Waals surface area contributed by atoms with Crippen molar-refractivity contribution in [3.63, 3.8) is 0 Å². The quantitative estimate of drug-likeness (QED) is 0.819. The first kappa shape index (κ1) is 9.75. The molecule has 0 amide bonds. The van der Waals surface area contributed by atoms with Crippen molar-refractivity contribution in [2.45, 2.75) is 18.4 Å². The summed E-state index contributed by atoms with van der Waals surface area (Å²) < 4.78 is 0. The van der Waals surface area contributed by atoms with Gasteiger partial charge in [-0.15, -0.1) is 11.3 Å². The molecule has 82 valence electrons. The van der Waals surface area contributed by atoms with Crippen LogP contribution in [0.15, 0.2) is 11.6 Å². The van der Waals surface area contributed by atoms with Crippen LogP contribution in [0.25, 0.3) is 0 Å². The van der Waals surface area contributed by atoms with Gasteiger partial charge in [-0.2, -0.15) is 0 Å². The standard InChI is InChI=1S/C11H17N3S/c1-12-11(10-13-4-7-15-10)3-6-14-5-2-9(11)8-14/h4,7,9,12H,2-3,5-6,8H2,1H3. The van der Waals surface area contributed by atoms with Gasteiger partial charge in [0, 0.05) is 24.7 Å². The summed E-state index contributed by atoms with van der Waals surface area (Å²) in [7, 11) is 2.09. The minimum atomic E-state index is 0.168. The van der Waals surface area contributed by atoms with Gasteiger partial charge in [-0.3, -0.25) is 0 Å². The van der Waals surface area contributed by atoms with Crippen LogP contribution in [0.2, 0.25) is 0 Å². The van der Waals surface area contributed by atoms with Gasteiger partial charge in [0.05, 0.1) is 5.54 Å². The van der Waals surface area contributed by atoms with E-state index < -0.39 is 0 Å². The molecule has 2 fully saturated rings. The Kier molecular flexibility index (Phi) is 2.30. The predicted octanol–water partition coefficient (Wildman–Crippen LogP) is 1.28. The summed E-state index contributed by atoms with van der Waals surface area (Å²) in [4.78, 5) is 7.11. The van der Waals surface area contributed by atoms with E-state index in [1.54, 1.807) is 11.3 Å². The molecule has 2 bridgehead atoms. The van der Waals surface area contributed by atoms with Crippen molar-refractivity contribution in [2.75, 3.05) is 26.7 Å². The van der Waals surface area contributed by atoms with Crippen molar-refractivity contribution in [1.82, 2.24) is 15.2 Å². The molecule has 3 rings (SSSR count). The molecule has 3 atom stereocenters. The lowest BCUT2D eigenvalue weighted by Crippen LogP contribution is -2.52. The highest BCUT2D eigenvalue weighted by molar-refractivity contribution is 7.09. The van der Waals surface area contributed by atoms with Gasteiger partial charge >= 0.3 is 0 Å². The first-order valence-electron chi connectivity index (χ1n) is 5.66. The third-order valence-electron chi connectivity index (χ3n) is 4.05. The summed E-state index contributed by atoms with van der Waals surface area (Å²) in [5.41, 5.74) is 0.168. The normalized spacial score (nSPS) is 39.5. The molecule has 3 unspecified atom stereocenters. The zero-order valence-corrected chi connectivity index (χ0v) is 9.89. The molecule has 2 saturated heterocycles. The summed E-state index contributed by atoms with van der Waals surface area (Å²) in [5.74, 6) is 0.752. The van der Waals surface area contributed by atoms with Crippen LogP contribution >= 0.6 is 11.3 Å². The molecule has 1 N–H and O–H groups in total. The molecule has 4 heteroatoms. The number of hydrogen-bond acceptors (Lipinski definition) is 4. The van der Waals surface area contributed by atoms with Gasteiger partial charge in [0.2, 0.25) is 0 Å². The van der Waals surface area contributed by atoms with Crippen molar-refractivity contribution in [2.24, 2.45) is 5.92 Å². The molecule has 1 aromatic heterocycles. The number of aromatic nitrogens is 1. The van der Waals surface area contributed by atoms with Crippen LogP contribution < -0.4 is 5.32 Å². The Labute approximate surface area is 94.5 Å². The molecule has 2 aliphatic heterocycles. The SMILES string of the molecule is CNC1(c2nccs2)CCN2CCC1C2. The average molecular weight is 223 g/mol. The summed E-state index contributed by atoms with van der Waals surface area (Å²) >= 11 is 1.80. The fourth-order valence-electron chi connectivity index (χ4n) is 3.14. The first-order valence-corrected chi connectivity index (χ1v) is 6.54. The highest BCUT2D eigenvalue weighted by Gasteiger charge is 2.47. The number of hydrogen-bond donors (Lipinski definition) is 1. The van der Waals surface area contributed by atoms with Crippen LogP contribution in [0.4, 0.5) is 0 Å². The molecule has 0 radical (unpaired) electrons. The highest BCUT2D eigenvalue weighted by atomic mass is 32.1. The van der Waals surface area contributed by atoms with Crippen molar-refractivity contribution >= 4 is 11.3 Å². The highest BCUT2D eigenvalue weighted by Crippen LogP contribution is 2.43. The van der Waals surface area contributed by atoms with E-state index >= 15 is 0 Å². The minimum absolute atomic E-state index is 0.168. The zero-order chi connectivity index (χ0) is 10.3. The fraction of sp³-hybridized carbons (Fsp3) is 0.727. The lowest BCUT2D eigenvalue weighted by Gasteiger charge is -2.41. The Hall–Kier alpha value is -0.450. The third kappa shape index (κ3) is 1.35. The topological polar surface area (TPSA) is 28.2 Å². The second-order valence-electron chi connectivity index (χ2n) is 4.59. The zero-order valence-electron chi connectivity index (χ0n) is 9.07. The Morgan fingerprint density at radius 1 is 1.60 bits per heavy atom. The summed E-state index contributed by atoms with van der Waals surface area (Å²) in [6, 6.07) is 0. The van der Waals surface area contributed by atoms with Crippen molar-refractivity contribution in [1.29, 1.82) is 0 Å². The molecular formula is C11H17N3S. The van der Waals surface area contributed by atoms with Gasteiger partial charge in [-0.25, -0.2) is 4.98 Å². The molecule has 15 heavy (non-hydrogen) atoms. The van der Waals surface area contributed by atoms with Gasteiger partial charge < -0.3 is 10.2 Å². The molecule has 0 spiro atoms. The Balaban J connectivity index is 1.98. The Morgan fingerprint density at radius 3 is 3.27 bits per heavy atom. The van der Waals surface area contributed by atoms with E-state index in [0.29, 0.717) is 0 Å². The fourth-order valence-corrected chi connectivity index (χ4v) is 4.09. The van der Waals surface area contributed by atoms with Crippen LogP contribution in [0.3, 0.4) is 0 Å². The molecule has 0 aliphatic carbocycles. The lowest BCUT2D eigenvalue weighted by atomic mass is 9.79. The molecule has 1 aromatic rings. The largest absolute Gasteiger partial charge is 0.308 e. The second kappa shape index (κ2) is 3.54. The van der Waals surface area contributed by atoms with Crippen LogP contribution in [0.5, 0.6) is 0 Å². The van der Waals surface area contributed by atoms with E-state index in [1.165, 1.54) is 37.5 Å². The summed E-state index contributed by atoms with van der Waals surface area (Å²) in [6.07, 6.45) is 4.46. The van der Waals surface area contributed by atoms with Crippen LogP contribution in [-0.2, 0) is 5.54 Å². The second-order valence-corrected chi connectivity index (χ2v) is 5.49. The van der Waals surface area contributed by atoms with E-state index in [-0.39, 0.29) is 5.54 Å². The number of rotatable bonds is 2. The number of nitrogens with one attached hydrogen (secondary N) is 1. The van der Waals surface area contributed by atoms with Gasteiger partial charge in [-0.1, -0.05) is 0 Å². The lowest BCUT2D eigenvalue weighted by molar-refractivity contribution is 0.138. The van der Waals surface area contributed by atoms with Crippen LogP contribution in [0.1, 0.15) is 17.8 Å². The first-order chi connectivity index (χ1) is 7.35. The Morgan fingerprint density at radius 2 is 2.53 bits per heavy atom. The van der Waals surface area contributed by atoms with E-state index in [0.717, 1.165) is 5.92 Å². The van der Waals surface area contributed by atoms with Crippen LogP contribution in [0, 0.1) is 5.92 Å². The van der Waals surface area contributed by atoms with E-state index in [1.807, 2.05) is 6.20 Å². The van der Waals surface area contributed by atoms with E-state index in [2.05, 4.69) is 27.6 Å². The predicted molar refractivity (Wildman–Crippen MR) is 62.0 cm³/mol. The molecule has 3 heterocycles. The van der Waals surface area contributed by atoms with Gasteiger partial charge in [-0.05, 0) is 32.4 Å². The molecule has 0 saturated carbocycles. The number of fused-ring (bicyclic) bond motifs is 2. The third-order valence-corrected chi connectivity index (χ3v) is 5.00. The summed E-state index contributed by atoms with van der Waals surface area (Å²) in [6.45, 7) is 3.75. The summed E-state index contributed by atoms with van der Waals surface area (Å²) in [5, 5.41) is 6.95. The number of nitrogens with zero attached hydrogens (tertiary/aromatic N) is 2. The smallest absolute Gasteiger partial charge is 0.113 e. The molecule has 2 aliphatic rings. The molecular weight excluding hydrogens is 206 g/mol. The van der Waals surface area contributed by atoms with Crippen molar-refractivity contribution in [3.05, 3.63) is 16.6 Å². The monoisotopic (exact) mass is 223 g/mol. The van der Waals surface area contributed by atoms with Gasteiger partial charge in [0.15, 0.2) is 0 Å². The van der Waals surface area contributed by atoms with Gasteiger partial charge in [0.1, 0.15) is 5.01 Å². The maximum absolute atomic E-state index is 4.54. The molecule has 0 aromatic carbocycles. The van der Waals surface area contributed by atoms with Gasteiger partial charge in [0.25, 0.3) is 0 Å². The maximum atomic E-state index is 4.54. The average Bonchev–Trinajstić information content (AvgIpc) is 2.91. The maximum Gasteiger partial charge on any atom is 0.113 e. The number of thiazole rings is 1. The molecule has 3 nitrogen and oxygen atoms in total. The Bertz CT molecular complexity index is 338.